The molecule has 0 aliphatic heterocycles. The van der Waals surface area contributed by atoms with Crippen molar-refractivity contribution in [2.24, 2.45) is 0 Å². The molecule has 1 amide bonds. The molecule has 0 fully saturated rings. The van der Waals surface area contributed by atoms with Gasteiger partial charge in [-0.15, -0.1) is 0 Å². The topological polar surface area (TPSA) is 142 Å². The lowest BCUT2D eigenvalue weighted by atomic mass is 10.0. The highest BCUT2D eigenvalue weighted by molar-refractivity contribution is 5.94. The largest absolute Gasteiger partial charge is 0.508 e. The van der Waals surface area contributed by atoms with Crippen LogP contribution in [-0.4, -0.2) is 39.2 Å². The molecule has 4 N–H and O–H groups in total. The minimum absolute atomic E-state index is 0.000636. The lowest BCUT2D eigenvalue weighted by Gasteiger charge is -2.19. The van der Waals surface area contributed by atoms with Crippen molar-refractivity contribution < 1.29 is 29.0 Å². The highest BCUT2D eigenvalue weighted by Crippen LogP contribution is 2.30. The Morgan fingerprint density at radius 2 is 1.82 bits per heavy atom. The number of aliphatic carboxylic acids is 1. The molecule has 0 spiro atoms. The zero-order chi connectivity index (χ0) is 26.8. The summed E-state index contributed by atoms with van der Waals surface area (Å²) in [6.45, 7) is 1.50. The maximum absolute atomic E-state index is 12.8. The van der Waals surface area contributed by atoms with E-state index in [1.165, 1.54) is 31.2 Å². The lowest BCUT2D eigenvalue weighted by molar-refractivity contribution is -0.142. The van der Waals surface area contributed by atoms with E-state index in [2.05, 4.69) is 10.3 Å². The van der Waals surface area contributed by atoms with Crippen LogP contribution in [0.2, 0.25) is 0 Å². The summed E-state index contributed by atoms with van der Waals surface area (Å²) in [5.41, 5.74) is 2.72. The number of carbonyl (C=O) groups is 2. The van der Waals surface area contributed by atoms with Crippen LogP contribution in [0.15, 0.2) is 88.2 Å². The summed E-state index contributed by atoms with van der Waals surface area (Å²) in [7, 11) is 0. The molecule has 192 valence electrons. The van der Waals surface area contributed by atoms with E-state index in [0.717, 1.165) is 11.1 Å². The summed E-state index contributed by atoms with van der Waals surface area (Å²) in [5, 5.41) is 23.4. The highest BCUT2D eigenvalue weighted by Gasteiger charge is 2.25. The van der Waals surface area contributed by atoms with Gasteiger partial charge in [-0.2, -0.15) is 0 Å². The number of nitrogens with one attached hydrogen (secondary N) is 2. The summed E-state index contributed by atoms with van der Waals surface area (Å²) >= 11 is 0. The number of aromatic hydroxyl groups is 1. The minimum Gasteiger partial charge on any atom is -0.508 e. The van der Waals surface area contributed by atoms with Crippen molar-refractivity contribution in [2.45, 2.75) is 25.5 Å². The number of amides is 1. The predicted octanol–water partition coefficient (Wildman–Crippen LogP) is 4.23. The average Bonchev–Trinajstić information content (AvgIpc) is 3.29. The number of phenolic OH excluding ortho intramolecular Hbond substituents is 1. The summed E-state index contributed by atoms with van der Waals surface area (Å²) < 4.78 is 11.1. The molecule has 5 rings (SSSR count). The van der Waals surface area contributed by atoms with Crippen molar-refractivity contribution in [2.75, 3.05) is 0 Å². The normalized spacial score (nSPS) is 12.8. The molecule has 0 radical (unpaired) electrons. The molecule has 2 atom stereocenters. The van der Waals surface area contributed by atoms with Gasteiger partial charge in [-0.05, 0) is 53.9 Å². The van der Waals surface area contributed by atoms with Crippen LogP contribution in [0.25, 0.3) is 33.0 Å². The fourth-order valence-corrected chi connectivity index (χ4v) is 4.37. The fourth-order valence-electron chi connectivity index (χ4n) is 4.37. The first kappa shape index (κ1) is 24.6. The minimum atomic E-state index is -1.22. The number of phenols is 1. The summed E-state index contributed by atoms with van der Waals surface area (Å²) in [6.07, 6.45) is 0.615. The van der Waals surface area contributed by atoms with E-state index in [9.17, 15) is 24.6 Å². The summed E-state index contributed by atoms with van der Waals surface area (Å²) in [6, 6.07) is 19.3. The number of rotatable bonds is 8. The number of aromatic nitrogens is 1. The Morgan fingerprint density at radius 1 is 1.03 bits per heavy atom. The third-order valence-corrected chi connectivity index (χ3v) is 6.27. The number of carbonyl (C=O) groups excluding carboxylic acids is 1. The van der Waals surface area contributed by atoms with Crippen LogP contribution in [0.1, 0.15) is 12.5 Å². The van der Waals surface area contributed by atoms with Gasteiger partial charge >= 0.3 is 11.6 Å². The maximum Gasteiger partial charge on any atom is 0.336 e. The first-order chi connectivity index (χ1) is 18.3. The van der Waals surface area contributed by atoms with Crippen molar-refractivity contribution >= 4 is 33.7 Å². The average molecular weight is 513 g/mol. The monoisotopic (exact) mass is 512 g/mol. The second-order valence-electron chi connectivity index (χ2n) is 8.91. The molecular weight excluding hydrogens is 488 g/mol. The van der Waals surface area contributed by atoms with Crippen LogP contribution in [0.5, 0.6) is 11.5 Å². The van der Waals surface area contributed by atoms with Crippen molar-refractivity contribution in [1.29, 1.82) is 0 Å². The Bertz CT molecular complexity index is 1710. The third kappa shape index (κ3) is 5.08. The number of hydrogen-bond acceptors (Lipinski definition) is 6. The smallest absolute Gasteiger partial charge is 0.336 e. The van der Waals surface area contributed by atoms with Gasteiger partial charge in [0.25, 0.3) is 5.91 Å². The second-order valence-corrected chi connectivity index (χ2v) is 8.91. The molecule has 3 aromatic carbocycles. The number of carboxylic acids is 1. The Kier molecular flexibility index (Phi) is 6.57. The number of hydrogen-bond donors (Lipinski definition) is 4. The van der Waals surface area contributed by atoms with E-state index in [1.54, 1.807) is 24.4 Å². The second kappa shape index (κ2) is 10.1. The molecule has 5 aromatic rings. The van der Waals surface area contributed by atoms with Gasteiger partial charge in [0.2, 0.25) is 0 Å². The molecule has 0 saturated carbocycles. The number of H-pyrrole nitrogens is 1. The van der Waals surface area contributed by atoms with Crippen LogP contribution in [0.3, 0.4) is 0 Å². The fraction of sp³-hybridized carbons (Fsp3) is 0.138. The van der Waals surface area contributed by atoms with E-state index in [0.29, 0.717) is 27.5 Å². The molecule has 2 heterocycles. The van der Waals surface area contributed by atoms with Gasteiger partial charge < -0.3 is 29.7 Å². The Morgan fingerprint density at radius 3 is 2.58 bits per heavy atom. The number of benzene rings is 3. The molecule has 38 heavy (non-hydrogen) atoms. The van der Waals surface area contributed by atoms with Gasteiger partial charge in [-0.25, -0.2) is 9.59 Å². The molecule has 0 aliphatic carbocycles. The molecule has 0 aliphatic rings. The van der Waals surface area contributed by atoms with Gasteiger partial charge in [-0.3, -0.25) is 4.79 Å². The zero-order valence-electron chi connectivity index (χ0n) is 20.3. The van der Waals surface area contributed by atoms with E-state index >= 15 is 0 Å². The van der Waals surface area contributed by atoms with Crippen LogP contribution in [-0.2, 0) is 16.0 Å². The number of carboxylic acid groups (broad SMARTS) is 1. The molecule has 9 heteroatoms. The van der Waals surface area contributed by atoms with Gasteiger partial charge in [-0.1, -0.05) is 30.3 Å². The maximum atomic E-state index is 12.8. The first-order valence-electron chi connectivity index (χ1n) is 11.9. The zero-order valence-corrected chi connectivity index (χ0v) is 20.3. The SMILES string of the molecule is C[C@H](Oc1ccc2c(-c3ccccc3)cc(=O)oc2c1)C(=O)N[C@H](Cc1c[nH]c2ccc(O)cc12)C(=O)O. The molecule has 0 saturated heterocycles. The molecule has 9 nitrogen and oxygen atoms in total. The van der Waals surface area contributed by atoms with Gasteiger partial charge in [0, 0.05) is 41.0 Å². The Labute approximate surface area is 216 Å². The van der Waals surface area contributed by atoms with E-state index in [1.807, 2.05) is 30.3 Å². The van der Waals surface area contributed by atoms with Gasteiger partial charge in [0.1, 0.15) is 23.1 Å². The Hall–Kier alpha value is -5.05. The van der Waals surface area contributed by atoms with Crippen molar-refractivity contribution in [1.82, 2.24) is 10.3 Å². The quantitative estimate of drug-likeness (QED) is 0.228. The van der Waals surface area contributed by atoms with Crippen LogP contribution < -0.4 is 15.7 Å². The highest BCUT2D eigenvalue weighted by atomic mass is 16.5. The van der Waals surface area contributed by atoms with Crippen molar-refractivity contribution in [3.63, 3.8) is 0 Å². The molecule has 2 aromatic heterocycles. The molecule has 0 unspecified atom stereocenters. The summed E-state index contributed by atoms with van der Waals surface area (Å²) in [5.74, 6) is -1.49. The number of fused-ring (bicyclic) bond motifs is 2. The third-order valence-electron chi connectivity index (χ3n) is 6.27. The summed E-state index contributed by atoms with van der Waals surface area (Å²) in [4.78, 5) is 40.0. The van der Waals surface area contributed by atoms with Gasteiger partial charge in [0.15, 0.2) is 6.10 Å². The molecular formula is C29H24N2O7. The van der Waals surface area contributed by atoms with Crippen LogP contribution >= 0.6 is 0 Å². The van der Waals surface area contributed by atoms with E-state index < -0.39 is 29.6 Å². The van der Waals surface area contributed by atoms with Crippen molar-refractivity contribution in [3.05, 3.63) is 95.0 Å². The van der Waals surface area contributed by atoms with Gasteiger partial charge in [0.05, 0.1) is 0 Å². The Balaban J connectivity index is 1.32. The predicted molar refractivity (Wildman–Crippen MR) is 141 cm³/mol. The lowest BCUT2D eigenvalue weighted by Crippen LogP contribution is -2.47. The number of ether oxygens (including phenoxy) is 1. The van der Waals surface area contributed by atoms with E-state index in [-0.39, 0.29) is 17.9 Å². The number of aromatic amines is 1. The van der Waals surface area contributed by atoms with Crippen molar-refractivity contribution in [3.8, 4) is 22.6 Å². The first-order valence-corrected chi connectivity index (χ1v) is 11.9. The standard InChI is InChI=1S/C29H24N2O7/c1-16(28(34)31-25(29(35)36)11-18-15-30-24-10-7-19(32)12-23(18)24)37-20-8-9-21-22(17-5-3-2-4-6-17)14-27(33)38-26(21)13-20/h2-10,12-16,25,30,32H,11H2,1H3,(H,31,34)(H,35,36)/t16-,25+/m0/s1. The van der Waals surface area contributed by atoms with Crippen LogP contribution in [0.4, 0.5) is 0 Å². The van der Waals surface area contributed by atoms with Crippen LogP contribution in [0, 0.1) is 0 Å². The molecule has 0 bridgehead atoms. The van der Waals surface area contributed by atoms with E-state index in [4.69, 9.17) is 9.15 Å².